The van der Waals surface area contributed by atoms with Gasteiger partial charge in [-0.3, -0.25) is 0 Å². The van der Waals surface area contributed by atoms with Gasteiger partial charge in [0.2, 0.25) is 15.8 Å². The molecular formula is C13H19NO5S. The van der Waals surface area contributed by atoms with Gasteiger partial charge in [-0.15, -0.1) is 0 Å². The fourth-order valence-corrected chi connectivity index (χ4v) is 3.69. The summed E-state index contributed by atoms with van der Waals surface area (Å²) in [6.07, 6.45) is 3.86. The summed E-state index contributed by atoms with van der Waals surface area (Å²) in [6.45, 7) is 3.38. The van der Waals surface area contributed by atoms with Crippen LogP contribution in [0, 0.1) is 12.8 Å². The van der Waals surface area contributed by atoms with Crippen molar-refractivity contribution in [1.82, 2.24) is 4.72 Å². The van der Waals surface area contributed by atoms with Gasteiger partial charge in [0.15, 0.2) is 0 Å². The molecule has 0 saturated heterocycles. The monoisotopic (exact) mass is 301 g/mol. The lowest BCUT2D eigenvalue weighted by molar-refractivity contribution is 0.0661. The molecule has 1 fully saturated rings. The molecule has 1 heterocycles. The maximum atomic E-state index is 12.3. The second-order valence-electron chi connectivity index (χ2n) is 5.24. The number of hydrogen-bond acceptors (Lipinski definition) is 4. The molecule has 0 aromatic carbocycles. The Morgan fingerprint density at radius 3 is 2.65 bits per heavy atom. The molecule has 1 aromatic heterocycles. The fourth-order valence-electron chi connectivity index (χ4n) is 2.17. The van der Waals surface area contributed by atoms with E-state index in [0.717, 1.165) is 25.3 Å². The number of aromatic carboxylic acids is 1. The second-order valence-corrected chi connectivity index (χ2v) is 6.92. The standard InChI is InChI=1S/C13H19NO5S/c1-3-10(6-9-4-5-9)14-20(17,18)12-7-11(13(15)16)19-8(12)2/h7,9-10,14H,3-6H2,1-2H3,(H,15,16). The summed E-state index contributed by atoms with van der Waals surface area (Å²) in [5, 5.41) is 8.83. The highest BCUT2D eigenvalue weighted by Gasteiger charge is 2.29. The topological polar surface area (TPSA) is 96.6 Å². The highest BCUT2D eigenvalue weighted by atomic mass is 32.2. The van der Waals surface area contributed by atoms with Crippen molar-refractivity contribution in [3.8, 4) is 0 Å². The van der Waals surface area contributed by atoms with Gasteiger partial charge in [0.25, 0.3) is 0 Å². The van der Waals surface area contributed by atoms with E-state index in [2.05, 4.69) is 4.72 Å². The molecule has 1 aliphatic rings. The van der Waals surface area contributed by atoms with E-state index in [4.69, 9.17) is 9.52 Å². The number of furan rings is 1. The minimum absolute atomic E-state index is 0.0934. The number of carbonyl (C=O) groups is 1. The van der Waals surface area contributed by atoms with E-state index in [1.165, 1.54) is 6.92 Å². The molecule has 7 heteroatoms. The van der Waals surface area contributed by atoms with Crippen LogP contribution in [0.3, 0.4) is 0 Å². The first kappa shape index (κ1) is 15.1. The largest absolute Gasteiger partial charge is 0.475 e. The summed E-state index contributed by atoms with van der Waals surface area (Å²) in [5.74, 6) is -0.934. The normalized spacial score (nSPS) is 17.1. The third-order valence-corrected chi connectivity index (χ3v) is 5.13. The molecule has 0 aliphatic heterocycles. The number of nitrogens with one attached hydrogen (secondary N) is 1. The first-order chi connectivity index (χ1) is 9.33. The highest BCUT2D eigenvalue weighted by molar-refractivity contribution is 7.89. The van der Waals surface area contributed by atoms with Crippen molar-refractivity contribution >= 4 is 16.0 Å². The minimum Gasteiger partial charge on any atom is -0.475 e. The van der Waals surface area contributed by atoms with Crippen molar-refractivity contribution < 1.29 is 22.7 Å². The molecule has 1 atom stereocenters. The van der Waals surface area contributed by atoms with Crippen molar-refractivity contribution in [2.24, 2.45) is 5.92 Å². The van der Waals surface area contributed by atoms with E-state index >= 15 is 0 Å². The van der Waals surface area contributed by atoms with E-state index in [0.29, 0.717) is 12.3 Å². The lowest BCUT2D eigenvalue weighted by Crippen LogP contribution is -2.34. The number of sulfonamides is 1. The molecule has 1 aromatic rings. The Bertz CT molecular complexity index is 600. The average Bonchev–Trinajstić information content (AvgIpc) is 3.07. The third-order valence-electron chi connectivity index (χ3n) is 3.50. The average molecular weight is 301 g/mol. The van der Waals surface area contributed by atoms with Crippen molar-refractivity contribution in [3.63, 3.8) is 0 Å². The predicted octanol–water partition coefficient (Wildman–Crippen LogP) is 2.14. The minimum atomic E-state index is -3.74. The van der Waals surface area contributed by atoms with Crippen LogP contribution in [-0.4, -0.2) is 25.5 Å². The van der Waals surface area contributed by atoms with Crippen molar-refractivity contribution in [1.29, 1.82) is 0 Å². The van der Waals surface area contributed by atoms with E-state index in [1.807, 2.05) is 6.92 Å². The smallest absolute Gasteiger partial charge is 0.371 e. The maximum Gasteiger partial charge on any atom is 0.371 e. The predicted molar refractivity (Wildman–Crippen MR) is 72.1 cm³/mol. The molecule has 1 saturated carbocycles. The van der Waals surface area contributed by atoms with Crippen LogP contribution in [0.5, 0.6) is 0 Å². The maximum absolute atomic E-state index is 12.3. The van der Waals surface area contributed by atoms with Crippen LogP contribution in [-0.2, 0) is 10.0 Å². The van der Waals surface area contributed by atoms with Gasteiger partial charge >= 0.3 is 5.97 Å². The van der Waals surface area contributed by atoms with Crippen LogP contribution in [0.15, 0.2) is 15.4 Å². The number of aryl methyl sites for hydroxylation is 1. The van der Waals surface area contributed by atoms with E-state index in [9.17, 15) is 13.2 Å². The Labute approximate surface area is 118 Å². The SMILES string of the molecule is CCC(CC1CC1)NS(=O)(=O)c1cc(C(=O)O)oc1C. The van der Waals surface area contributed by atoms with Crippen LogP contribution >= 0.6 is 0 Å². The van der Waals surface area contributed by atoms with Gasteiger partial charge in [-0.1, -0.05) is 19.8 Å². The van der Waals surface area contributed by atoms with E-state index in [1.54, 1.807) is 0 Å². The molecule has 2 N–H and O–H groups in total. The molecule has 0 amide bonds. The highest BCUT2D eigenvalue weighted by Crippen LogP contribution is 2.34. The van der Waals surface area contributed by atoms with Crippen LogP contribution < -0.4 is 4.72 Å². The molecule has 0 spiro atoms. The van der Waals surface area contributed by atoms with Crippen LogP contribution in [0.2, 0.25) is 0 Å². The van der Waals surface area contributed by atoms with Gasteiger partial charge in [-0.05, 0) is 25.7 Å². The zero-order valence-electron chi connectivity index (χ0n) is 11.5. The van der Waals surface area contributed by atoms with Gasteiger partial charge in [-0.2, -0.15) is 0 Å². The summed E-state index contributed by atoms with van der Waals surface area (Å²) in [6, 6.07) is 0.944. The fraction of sp³-hybridized carbons (Fsp3) is 0.615. The quantitative estimate of drug-likeness (QED) is 0.804. The van der Waals surface area contributed by atoms with Crippen LogP contribution in [0.25, 0.3) is 0 Å². The summed E-state index contributed by atoms with van der Waals surface area (Å²) >= 11 is 0. The molecule has 1 aliphatic carbocycles. The molecule has 6 nitrogen and oxygen atoms in total. The van der Waals surface area contributed by atoms with Gasteiger partial charge < -0.3 is 9.52 Å². The van der Waals surface area contributed by atoms with Gasteiger partial charge in [-0.25, -0.2) is 17.9 Å². The Balaban J connectivity index is 2.18. The zero-order valence-corrected chi connectivity index (χ0v) is 12.4. The van der Waals surface area contributed by atoms with Crippen LogP contribution in [0.1, 0.15) is 48.9 Å². The second kappa shape index (κ2) is 5.57. The van der Waals surface area contributed by atoms with Gasteiger partial charge in [0.05, 0.1) is 0 Å². The third kappa shape index (κ3) is 3.40. The van der Waals surface area contributed by atoms with Crippen LogP contribution in [0.4, 0.5) is 0 Å². The molecule has 2 rings (SSSR count). The Kier molecular flexibility index (Phi) is 4.19. The van der Waals surface area contributed by atoms with Crippen molar-refractivity contribution in [2.45, 2.75) is 50.5 Å². The summed E-state index contributed by atoms with van der Waals surface area (Å²) < 4.78 is 32.2. The molecule has 20 heavy (non-hydrogen) atoms. The molecule has 112 valence electrons. The lowest BCUT2D eigenvalue weighted by Gasteiger charge is -2.16. The van der Waals surface area contributed by atoms with E-state index in [-0.39, 0.29) is 22.5 Å². The Morgan fingerprint density at radius 2 is 2.20 bits per heavy atom. The first-order valence-corrected chi connectivity index (χ1v) is 8.18. The number of carboxylic acid groups (broad SMARTS) is 1. The number of rotatable bonds is 7. The molecule has 1 unspecified atom stereocenters. The van der Waals surface area contributed by atoms with Gasteiger partial charge in [0, 0.05) is 12.1 Å². The first-order valence-electron chi connectivity index (χ1n) is 6.69. The molecule has 0 bridgehead atoms. The number of hydrogen-bond donors (Lipinski definition) is 2. The van der Waals surface area contributed by atoms with Gasteiger partial charge in [0.1, 0.15) is 10.7 Å². The summed E-state index contributed by atoms with van der Waals surface area (Å²) in [4.78, 5) is 10.7. The zero-order chi connectivity index (χ0) is 14.9. The lowest BCUT2D eigenvalue weighted by atomic mass is 10.1. The van der Waals surface area contributed by atoms with Crippen molar-refractivity contribution in [2.75, 3.05) is 0 Å². The van der Waals surface area contributed by atoms with E-state index < -0.39 is 16.0 Å². The summed E-state index contributed by atoms with van der Waals surface area (Å²) in [5.41, 5.74) is 0. The molecular weight excluding hydrogens is 282 g/mol. The Hall–Kier alpha value is -1.34. The molecule has 0 radical (unpaired) electrons. The Morgan fingerprint density at radius 1 is 1.55 bits per heavy atom. The van der Waals surface area contributed by atoms with Crippen molar-refractivity contribution in [3.05, 3.63) is 17.6 Å². The number of carboxylic acids is 1. The summed E-state index contributed by atoms with van der Waals surface area (Å²) in [7, 11) is -3.74.